The molecule has 1 atom stereocenters. The Hall–Kier alpha value is 1.14. The van der Waals surface area contributed by atoms with E-state index in [1.165, 1.54) is 26.2 Å². The number of hydrogen-bond acceptors (Lipinski definition) is 5. The van der Waals surface area contributed by atoms with Crippen LogP contribution in [-0.2, 0) is 26.5 Å². The van der Waals surface area contributed by atoms with Gasteiger partial charge in [0.2, 0.25) is 0 Å². The van der Waals surface area contributed by atoms with Crippen molar-refractivity contribution >= 4 is 34.3 Å². The monoisotopic (exact) mass is 362 g/mol. The number of benzene rings is 1. The van der Waals surface area contributed by atoms with E-state index in [1.54, 1.807) is 25.1 Å². The molecule has 0 radical (unpaired) electrons. The van der Waals surface area contributed by atoms with Crippen LogP contribution in [0.4, 0.5) is 5.69 Å². The maximum Gasteiger partial charge on any atom is 1.00 e. The first kappa shape index (κ1) is 21.1. The van der Waals surface area contributed by atoms with Gasteiger partial charge >= 0.3 is 61.6 Å². The van der Waals surface area contributed by atoms with Crippen LogP contribution >= 0.6 is 6.64 Å². The molecule has 0 fully saturated rings. The fraction of sp³-hybridized carbons (Fsp3) is 0.400. The van der Waals surface area contributed by atoms with Gasteiger partial charge in [-0.3, -0.25) is 0 Å². The SMILES string of the molecule is CCOP([O-])(=S)N(c1ccccc1)S(=O)(=O)N(C)C.[K+]. The minimum atomic E-state index is -4.00. The molecule has 0 heterocycles. The van der Waals surface area contributed by atoms with Crippen LogP contribution in [0.3, 0.4) is 0 Å². The first-order valence-corrected chi connectivity index (χ1v) is 9.46. The van der Waals surface area contributed by atoms with Crippen LogP contribution in [0.2, 0.25) is 0 Å². The molecule has 108 valence electrons. The van der Waals surface area contributed by atoms with Crippen LogP contribution in [-0.4, -0.2) is 33.4 Å². The molecule has 6 nitrogen and oxygen atoms in total. The second kappa shape index (κ2) is 8.69. The van der Waals surface area contributed by atoms with Gasteiger partial charge in [0, 0.05) is 20.7 Å². The van der Waals surface area contributed by atoms with Gasteiger partial charge in [0.1, 0.15) is 0 Å². The molecule has 0 spiro atoms. The Labute approximate surface area is 167 Å². The van der Waals surface area contributed by atoms with Crippen LogP contribution in [0.15, 0.2) is 30.3 Å². The van der Waals surface area contributed by atoms with E-state index in [0.29, 0.717) is 4.08 Å². The average molecular weight is 362 g/mol. The minimum absolute atomic E-state index is 0. The summed E-state index contributed by atoms with van der Waals surface area (Å²) in [5.74, 6) is 0. The molecule has 1 aromatic rings. The predicted molar refractivity (Wildman–Crippen MR) is 77.4 cm³/mol. The molecule has 0 aromatic heterocycles. The Bertz CT molecular complexity index is 568. The number of hydrogen-bond donors (Lipinski definition) is 0. The van der Waals surface area contributed by atoms with Crippen molar-refractivity contribution in [3.05, 3.63) is 30.3 Å². The third kappa shape index (κ3) is 5.10. The summed E-state index contributed by atoms with van der Waals surface area (Å²) in [6.07, 6.45) is 0. The normalized spacial score (nSPS) is 14.4. The van der Waals surface area contributed by atoms with Gasteiger partial charge in [-0.25, -0.2) is 4.08 Å². The first-order chi connectivity index (χ1) is 8.73. The molecule has 0 saturated carbocycles. The van der Waals surface area contributed by atoms with E-state index < -0.39 is 16.9 Å². The van der Waals surface area contributed by atoms with Gasteiger partial charge in [0.05, 0.1) is 12.3 Å². The number of anilines is 1. The quantitative estimate of drug-likeness (QED) is 0.429. The maximum atomic E-state index is 12.4. The zero-order valence-electron chi connectivity index (χ0n) is 11.9. The van der Waals surface area contributed by atoms with Crippen molar-refractivity contribution in [2.24, 2.45) is 0 Å². The Morgan fingerprint density at radius 3 is 2.20 bits per heavy atom. The molecule has 0 aliphatic heterocycles. The molecule has 1 rings (SSSR count). The molecule has 0 bridgehead atoms. The summed E-state index contributed by atoms with van der Waals surface area (Å²) in [6, 6.07) is 8.01. The van der Waals surface area contributed by atoms with E-state index in [-0.39, 0.29) is 63.7 Å². The molecule has 1 aromatic carbocycles. The third-order valence-corrected chi connectivity index (χ3v) is 7.38. The second-order valence-electron chi connectivity index (χ2n) is 3.76. The van der Waals surface area contributed by atoms with Crippen LogP contribution in [0.1, 0.15) is 6.92 Å². The van der Waals surface area contributed by atoms with Crippen molar-refractivity contribution in [2.75, 3.05) is 24.8 Å². The van der Waals surface area contributed by atoms with Gasteiger partial charge in [-0.2, -0.15) is 12.7 Å². The minimum Gasteiger partial charge on any atom is -0.784 e. The summed E-state index contributed by atoms with van der Waals surface area (Å²) >= 11 is 4.87. The molecule has 0 aliphatic rings. The molecule has 20 heavy (non-hydrogen) atoms. The van der Waals surface area contributed by atoms with Crippen LogP contribution in [0.5, 0.6) is 0 Å². The number of para-hydroxylation sites is 1. The Balaban J connectivity index is 0.00000361. The molecule has 0 aliphatic carbocycles. The van der Waals surface area contributed by atoms with Gasteiger partial charge in [0.25, 0.3) is 0 Å². The van der Waals surface area contributed by atoms with Crippen LogP contribution in [0.25, 0.3) is 0 Å². The Morgan fingerprint density at radius 1 is 1.30 bits per heavy atom. The third-order valence-electron chi connectivity index (χ3n) is 2.17. The molecule has 0 N–H and O–H groups in total. The predicted octanol–water partition coefficient (Wildman–Crippen LogP) is -2.08. The molecule has 0 saturated heterocycles. The Kier molecular flexibility index (Phi) is 9.18. The number of rotatable bonds is 6. The van der Waals surface area contributed by atoms with Crippen molar-refractivity contribution in [1.82, 2.24) is 4.31 Å². The zero-order chi connectivity index (χ0) is 14.7. The van der Waals surface area contributed by atoms with E-state index in [1.807, 2.05) is 0 Å². The van der Waals surface area contributed by atoms with Crippen molar-refractivity contribution in [3.63, 3.8) is 0 Å². The topological polar surface area (TPSA) is 72.9 Å². The molecule has 10 heteroatoms. The zero-order valence-corrected chi connectivity index (χ0v) is 17.5. The van der Waals surface area contributed by atoms with Gasteiger partial charge < -0.3 is 9.42 Å². The van der Waals surface area contributed by atoms with Gasteiger partial charge in [0.15, 0.2) is 0 Å². The summed E-state index contributed by atoms with van der Waals surface area (Å²) in [7, 11) is -1.32. The Morgan fingerprint density at radius 2 is 1.80 bits per heavy atom. The van der Waals surface area contributed by atoms with Crippen LogP contribution < -0.4 is 60.4 Å². The molecular formula is C10H16KN2O4PS2. The maximum absolute atomic E-state index is 12.4. The van der Waals surface area contributed by atoms with E-state index in [2.05, 4.69) is 0 Å². The average Bonchev–Trinajstić information content (AvgIpc) is 2.29. The fourth-order valence-electron chi connectivity index (χ4n) is 1.33. The van der Waals surface area contributed by atoms with E-state index >= 15 is 0 Å². The summed E-state index contributed by atoms with van der Waals surface area (Å²) < 4.78 is 31.2. The smallest absolute Gasteiger partial charge is 0.784 e. The van der Waals surface area contributed by atoms with Crippen molar-refractivity contribution in [2.45, 2.75) is 6.92 Å². The van der Waals surface area contributed by atoms with Crippen molar-refractivity contribution in [3.8, 4) is 0 Å². The van der Waals surface area contributed by atoms with E-state index in [0.717, 1.165) is 4.31 Å². The summed E-state index contributed by atoms with van der Waals surface area (Å²) in [5, 5.41) is 0. The molecular weight excluding hydrogens is 346 g/mol. The number of nitrogens with zero attached hydrogens (tertiary/aromatic N) is 2. The van der Waals surface area contributed by atoms with E-state index in [9.17, 15) is 13.3 Å². The molecule has 0 amide bonds. The van der Waals surface area contributed by atoms with Crippen molar-refractivity contribution < 1.29 is 69.2 Å². The van der Waals surface area contributed by atoms with Gasteiger partial charge in [-0.1, -0.05) is 30.0 Å². The first-order valence-electron chi connectivity index (χ1n) is 5.47. The van der Waals surface area contributed by atoms with E-state index in [4.69, 9.17) is 16.3 Å². The van der Waals surface area contributed by atoms with Crippen molar-refractivity contribution in [1.29, 1.82) is 0 Å². The second-order valence-corrected chi connectivity index (χ2v) is 9.00. The summed E-state index contributed by atoms with van der Waals surface area (Å²) in [4.78, 5) is 12.4. The fourth-order valence-corrected chi connectivity index (χ4v) is 5.82. The summed E-state index contributed by atoms with van der Waals surface area (Å²) in [5.41, 5.74) is 0.211. The van der Waals surface area contributed by atoms with Crippen LogP contribution in [0, 0.1) is 0 Å². The largest absolute Gasteiger partial charge is 1.00 e. The summed E-state index contributed by atoms with van der Waals surface area (Å²) in [6.45, 7) is -2.25. The van der Waals surface area contributed by atoms with Gasteiger partial charge in [-0.05, 0) is 19.1 Å². The standard InChI is InChI=1S/C10H17N2O4PS2.K/c1-4-16-17(13,18)12(19(14,15)11(2)3)10-8-6-5-7-9-10;/h5-9H,4H2,1-3H3,(H,13,18);/q;+1/p-1. The van der Waals surface area contributed by atoms with Gasteiger partial charge in [-0.15, -0.1) is 0 Å². The molecule has 1 unspecified atom stereocenters.